The molecule has 0 fully saturated rings. The molecule has 0 radical (unpaired) electrons. The van der Waals surface area contributed by atoms with Gasteiger partial charge in [-0.05, 0) is 45.7 Å². The molecule has 9 nitrogen and oxygen atoms in total. The van der Waals surface area contributed by atoms with Crippen LogP contribution >= 0.6 is 24.0 Å². The Kier molecular flexibility index (Phi) is 10.5. The monoisotopic (exact) mass is 545 g/mol. The molecule has 2 aromatic heterocycles. The van der Waals surface area contributed by atoms with Crippen LogP contribution in [0.1, 0.15) is 53.3 Å². The molecule has 0 aliphatic rings. The zero-order valence-electron chi connectivity index (χ0n) is 19.4. The molecule has 2 rings (SSSR count). The lowest BCUT2D eigenvalue weighted by Crippen LogP contribution is -2.57. The minimum absolute atomic E-state index is 0. The second-order valence-electron chi connectivity index (χ2n) is 8.26. The Morgan fingerprint density at radius 1 is 1.16 bits per heavy atom. The number of carbonyl (C=O) groups is 1. The quantitative estimate of drug-likeness (QED) is 0.268. The fourth-order valence-electron chi connectivity index (χ4n) is 3.07. The van der Waals surface area contributed by atoms with Crippen LogP contribution in [0.3, 0.4) is 0 Å². The summed E-state index contributed by atoms with van der Waals surface area (Å²) in [6, 6.07) is 5.83. The highest BCUT2D eigenvalue weighted by atomic mass is 127. The second-order valence-corrected chi connectivity index (χ2v) is 8.26. The van der Waals surface area contributed by atoms with Gasteiger partial charge in [-0.1, -0.05) is 19.9 Å². The van der Waals surface area contributed by atoms with E-state index in [1.54, 1.807) is 7.05 Å². The lowest BCUT2D eigenvalue weighted by molar-refractivity contribution is 0.0448. The zero-order chi connectivity index (χ0) is 22.2. The number of hydrogen-bond donors (Lipinski definition) is 3. The predicted octanol–water partition coefficient (Wildman–Crippen LogP) is 3.14. The maximum atomic E-state index is 12.3. The summed E-state index contributed by atoms with van der Waals surface area (Å²) in [6.07, 6.45) is 3.78. The van der Waals surface area contributed by atoms with Crippen LogP contribution in [0.4, 0.5) is 4.79 Å². The van der Waals surface area contributed by atoms with E-state index in [9.17, 15) is 4.79 Å². The van der Waals surface area contributed by atoms with E-state index < -0.39 is 17.2 Å². The van der Waals surface area contributed by atoms with E-state index >= 15 is 0 Å². The number of nitrogens with zero attached hydrogens (tertiary/aromatic N) is 4. The van der Waals surface area contributed by atoms with Crippen molar-refractivity contribution >= 4 is 41.7 Å². The Balaban J connectivity index is 0.00000480. The van der Waals surface area contributed by atoms with Gasteiger partial charge < -0.3 is 20.7 Å². The molecular weight excluding hydrogens is 509 g/mol. The lowest BCUT2D eigenvalue weighted by atomic mass is 9.93. The third kappa shape index (κ3) is 8.15. The summed E-state index contributed by atoms with van der Waals surface area (Å²) < 4.78 is 7.41. The van der Waals surface area contributed by atoms with Crippen LogP contribution < -0.4 is 16.0 Å². The van der Waals surface area contributed by atoms with E-state index in [0.717, 1.165) is 24.3 Å². The highest BCUT2D eigenvalue weighted by molar-refractivity contribution is 14.0. The minimum atomic E-state index is -0.534. The van der Waals surface area contributed by atoms with Gasteiger partial charge in [-0.15, -0.1) is 34.2 Å². The molecule has 0 unspecified atom stereocenters. The van der Waals surface area contributed by atoms with E-state index in [4.69, 9.17) is 4.74 Å². The number of carbonyl (C=O) groups excluding carboxylic acids is 1. The predicted molar refractivity (Wildman–Crippen MR) is 134 cm³/mol. The molecule has 1 amide bonds. The van der Waals surface area contributed by atoms with Gasteiger partial charge in [0.15, 0.2) is 11.6 Å². The Morgan fingerprint density at radius 2 is 1.87 bits per heavy atom. The van der Waals surface area contributed by atoms with Gasteiger partial charge in [-0.25, -0.2) is 4.79 Å². The summed E-state index contributed by atoms with van der Waals surface area (Å²) in [4.78, 5) is 16.6. The van der Waals surface area contributed by atoms with Crippen LogP contribution in [0.15, 0.2) is 29.4 Å². The minimum Gasteiger partial charge on any atom is -0.444 e. The molecule has 0 bridgehead atoms. The maximum Gasteiger partial charge on any atom is 0.408 e. The molecule has 174 valence electrons. The topological polar surface area (TPSA) is 105 Å². The van der Waals surface area contributed by atoms with Crippen LogP contribution in [-0.4, -0.2) is 57.9 Å². The maximum absolute atomic E-state index is 12.3. The van der Waals surface area contributed by atoms with Crippen LogP contribution in [0.25, 0.3) is 5.65 Å². The average molecular weight is 545 g/mol. The molecule has 0 saturated heterocycles. The van der Waals surface area contributed by atoms with E-state index in [1.807, 2.05) is 49.6 Å². The van der Waals surface area contributed by atoms with Gasteiger partial charge in [0.05, 0.1) is 5.54 Å². The van der Waals surface area contributed by atoms with Gasteiger partial charge in [0.2, 0.25) is 0 Å². The normalized spacial score (nSPS) is 12.3. The average Bonchev–Trinajstić information content (AvgIpc) is 3.11. The van der Waals surface area contributed by atoms with Crippen molar-refractivity contribution in [1.82, 2.24) is 30.5 Å². The molecule has 0 aliphatic heterocycles. The zero-order valence-corrected chi connectivity index (χ0v) is 21.7. The number of fused-ring (bicyclic) bond motifs is 1. The number of amides is 1. The number of halogens is 1. The fourth-order valence-corrected chi connectivity index (χ4v) is 3.07. The molecule has 0 aromatic carbocycles. The first-order valence-electron chi connectivity index (χ1n) is 10.5. The number of nitrogens with one attached hydrogen (secondary N) is 3. The van der Waals surface area contributed by atoms with Crippen molar-refractivity contribution in [1.29, 1.82) is 0 Å². The molecule has 0 atom stereocenters. The molecule has 0 saturated carbocycles. The number of alkyl carbamates (subject to hydrolysis) is 1. The largest absolute Gasteiger partial charge is 0.444 e. The molecule has 3 N–H and O–H groups in total. The number of aliphatic imine (C=N–C) groups is 1. The fraction of sp³-hybridized carbons (Fsp3) is 0.619. The van der Waals surface area contributed by atoms with Gasteiger partial charge in [0, 0.05) is 32.8 Å². The smallest absolute Gasteiger partial charge is 0.408 e. The number of ether oxygens (including phenoxy) is 1. The first kappa shape index (κ1) is 26.9. The number of guanidine groups is 1. The summed E-state index contributed by atoms with van der Waals surface area (Å²) in [5.74, 6) is 1.55. The van der Waals surface area contributed by atoms with E-state index in [0.29, 0.717) is 25.5 Å². The molecule has 2 heterocycles. The Hall–Kier alpha value is -2.11. The highest BCUT2D eigenvalue weighted by Gasteiger charge is 2.30. The molecular formula is C21H36IN7O2. The third-order valence-electron chi connectivity index (χ3n) is 4.96. The summed E-state index contributed by atoms with van der Waals surface area (Å²) in [5, 5.41) is 18.1. The number of aromatic nitrogens is 3. The molecule has 0 aliphatic carbocycles. The number of pyridine rings is 1. The standard InChI is InChI=1S/C21H35N7O2.HI/c1-7-21(8-2,25-19(29)30-20(3,4)5)15-24-18(22-6)23-13-12-17-27-26-16-11-9-10-14-28(16)17;/h9-11,14H,7-8,12-13,15H2,1-6H3,(H,25,29)(H2,22,23,24);1H. The Bertz CT molecular complexity index is 857. The molecule has 10 heteroatoms. The molecule has 31 heavy (non-hydrogen) atoms. The van der Waals surface area contributed by atoms with E-state index in [2.05, 4.69) is 45.0 Å². The van der Waals surface area contributed by atoms with Crippen molar-refractivity contribution < 1.29 is 9.53 Å². The number of hydrogen-bond acceptors (Lipinski definition) is 5. The first-order chi connectivity index (χ1) is 14.2. The van der Waals surface area contributed by atoms with Gasteiger partial charge in [0.25, 0.3) is 0 Å². The van der Waals surface area contributed by atoms with Crippen molar-refractivity contribution in [3.63, 3.8) is 0 Å². The molecule has 0 spiro atoms. The van der Waals surface area contributed by atoms with E-state index in [-0.39, 0.29) is 24.0 Å². The van der Waals surface area contributed by atoms with Crippen LogP contribution in [0.5, 0.6) is 0 Å². The SMILES string of the molecule is CCC(CC)(CNC(=NC)NCCc1nnc2ccccn12)NC(=O)OC(C)(C)C.I. The Morgan fingerprint density at radius 3 is 2.48 bits per heavy atom. The van der Waals surface area contributed by atoms with Crippen molar-refractivity contribution in [2.75, 3.05) is 20.1 Å². The second kappa shape index (κ2) is 12.1. The summed E-state index contributed by atoms with van der Waals surface area (Å²) in [5.41, 5.74) is -0.129. The summed E-state index contributed by atoms with van der Waals surface area (Å²) in [6.45, 7) is 10.9. The van der Waals surface area contributed by atoms with Crippen molar-refractivity contribution in [3.05, 3.63) is 30.2 Å². The van der Waals surface area contributed by atoms with Gasteiger partial charge >= 0.3 is 6.09 Å². The Labute approximate surface area is 201 Å². The first-order valence-corrected chi connectivity index (χ1v) is 10.5. The summed E-state index contributed by atoms with van der Waals surface area (Å²) >= 11 is 0. The van der Waals surface area contributed by atoms with Crippen LogP contribution in [-0.2, 0) is 11.2 Å². The van der Waals surface area contributed by atoms with Crippen molar-refractivity contribution in [2.24, 2.45) is 4.99 Å². The van der Waals surface area contributed by atoms with Crippen LogP contribution in [0, 0.1) is 0 Å². The van der Waals surface area contributed by atoms with Crippen LogP contribution in [0.2, 0.25) is 0 Å². The van der Waals surface area contributed by atoms with Gasteiger partial charge in [-0.3, -0.25) is 9.39 Å². The van der Waals surface area contributed by atoms with Gasteiger partial charge in [0.1, 0.15) is 11.4 Å². The van der Waals surface area contributed by atoms with Crippen molar-refractivity contribution in [2.45, 2.75) is 65.0 Å². The highest BCUT2D eigenvalue weighted by Crippen LogP contribution is 2.16. The van der Waals surface area contributed by atoms with Gasteiger partial charge in [-0.2, -0.15) is 0 Å². The molecule has 2 aromatic rings. The number of rotatable bonds is 8. The summed E-state index contributed by atoms with van der Waals surface area (Å²) in [7, 11) is 1.72. The third-order valence-corrected chi connectivity index (χ3v) is 4.96. The van der Waals surface area contributed by atoms with E-state index in [1.165, 1.54) is 0 Å². The lowest BCUT2D eigenvalue weighted by Gasteiger charge is -2.34. The van der Waals surface area contributed by atoms with Crippen molar-refractivity contribution in [3.8, 4) is 0 Å².